The van der Waals surface area contributed by atoms with Crippen LogP contribution in [-0.4, -0.2) is 43.8 Å². The first kappa shape index (κ1) is 13.2. The highest BCUT2D eigenvalue weighted by Crippen LogP contribution is 2.35. The molecule has 2 aromatic heterocycles. The molecule has 2 fully saturated rings. The molecule has 110 valence electrons. The van der Waals surface area contributed by atoms with E-state index < -0.39 is 0 Å². The van der Waals surface area contributed by atoms with E-state index in [9.17, 15) is 0 Å². The Hall–Kier alpha value is -1.53. The van der Waals surface area contributed by atoms with Crippen molar-refractivity contribution in [3.8, 4) is 11.4 Å². The zero-order valence-electron chi connectivity index (χ0n) is 11.9. The number of pyridine rings is 1. The number of fused-ring (bicyclic) bond motifs is 1. The molecule has 0 bridgehead atoms. The van der Waals surface area contributed by atoms with Gasteiger partial charge in [0.2, 0.25) is 0 Å². The van der Waals surface area contributed by atoms with E-state index >= 15 is 0 Å². The summed E-state index contributed by atoms with van der Waals surface area (Å²) in [6, 6.07) is 5.16. The van der Waals surface area contributed by atoms with Crippen LogP contribution in [0, 0.1) is 4.77 Å². The van der Waals surface area contributed by atoms with Gasteiger partial charge in [0.15, 0.2) is 10.6 Å². The van der Waals surface area contributed by atoms with E-state index in [1.807, 2.05) is 18.3 Å². The summed E-state index contributed by atoms with van der Waals surface area (Å²) in [7, 11) is 0. The highest BCUT2D eigenvalue weighted by molar-refractivity contribution is 7.71. The summed E-state index contributed by atoms with van der Waals surface area (Å²) in [5.74, 6) is 0.921. The summed E-state index contributed by atoms with van der Waals surface area (Å²) in [5.41, 5.74) is 1.03. The first-order chi connectivity index (χ1) is 10.3. The average Bonchev–Trinajstić information content (AvgIpc) is 3.13. The van der Waals surface area contributed by atoms with Gasteiger partial charge in [0.05, 0.1) is 0 Å². The smallest absolute Gasteiger partial charge is 0.195 e. The molecule has 2 saturated heterocycles. The number of piperidine rings is 1. The number of hydrogen-bond acceptors (Lipinski definition) is 4. The van der Waals surface area contributed by atoms with Crippen LogP contribution in [0.4, 0.5) is 0 Å². The molecular formula is C15H19N5S. The molecule has 2 aliphatic heterocycles. The van der Waals surface area contributed by atoms with Crippen molar-refractivity contribution in [2.75, 3.05) is 13.1 Å². The largest absolute Gasteiger partial charge is 0.300 e. The van der Waals surface area contributed by atoms with Crippen molar-refractivity contribution in [3.63, 3.8) is 0 Å². The molecule has 2 aliphatic rings. The van der Waals surface area contributed by atoms with Crippen LogP contribution in [0.15, 0.2) is 24.5 Å². The van der Waals surface area contributed by atoms with Crippen molar-refractivity contribution < 1.29 is 0 Å². The fraction of sp³-hybridized carbons (Fsp3) is 0.533. The van der Waals surface area contributed by atoms with Gasteiger partial charge >= 0.3 is 0 Å². The van der Waals surface area contributed by atoms with Crippen LogP contribution in [0.25, 0.3) is 11.4 Å². The third-order valence-corrected chi connectivity index (χ3v) is 5.07. The average molecular weight is 301 g/mol. The second-order valence-corrected chi connectivity index (χ2v) is 6.36. The summed E-state index contributed by atoms with van der Waals surface area (Å²) in [4.78, 5) is 6.83. The van der Waals surface area contributed by atoms with Crippen LogP contribution < -0.4 is 0 Å². The Morgan fingerprint density at radius 3 is 3.05 bits per heavy atom. The molecule has 21 heavy (non-hydrogen) atoms. The van der Waals surface area contributed by atoms with Gasteiger partial charge in [-0.05, 0) is 56.6 Å². The van der Waals surface area contributed by atoms with Crippen molar-refractivity contribution in [2.24, 2.45) is 0 Å². The summed E-state index contributed by atoms with van der Waals surface area (Å²) in [5, 5.41) is 7.41. The van der Waals surface area contributed by atoms with Crippen LogP contribution in [0.1, 0.15) is 31.7 Å². The maximum atomic E-state index is 5.48. The molecule has 2 unspecified atom stereocenters. The van der Waals surface area contributed by atoms with Crippen LogP contribution >= 0.6 is 12.2 Å². The van der Waals surface area contributed by atoms with Gasteiger partial charge in [-0.15, -0.1) is 0 Å². The fourth-order valence-corrected chi connectivity index (χ4v) is 4.06. The number of nitrogens with one attached hydrogen (secondary N) is 1. The molecule has 4 heterocycles. The number of aromatic amines is 1. The molecule has 1 N–H and O–H groups in total. The van der Waals surface area contributed by atoms with E-state index in [0.717, 1.165) is 28.6 Å². The lowest BCUT2D eigenvalue weighted by molar-refractivity contribution is 0.155. The Bertz CT molecular complexity index is 677. The Kier molecular flexibility index (Phi) is 3.35. The first-order valence-corrected chi connectivity index (χ1v) is 8.05. The van der Waals surface area contributed by atoms with Gasteiger partial charge in [-0.3, -0.25) is 14.6 Å². The van der Waals surface area contributed by atoms with E-state index in [1.165, 1.54) is 32.4 Å². The zero-order valence-corrected chi connectivity index (χ0v) is 12.7. The molecule has 5 nitrogen and oxygen atoms in total. The van der Waals surface area contributed by atoms with Gasteiger partial charge in [0, 0.05) is 36.6 Å². The maximum Gasteiger partial charge on any atom is 0.195 e. The molecule has 0 aromatic carbocycles. The van der Waals surface area contributed by atoms with Gasteiger partial charge in [0.25, 0.3) is 0 Å². The van der Waals surface area contributed by atoms with E-state index in [0.29, 0.717) is 6.04 Å². The van der Waals surface area contributed by atoms with E-state index in [4.69, 9.17) is 12.2 Å². The minimum atomic E-state index is 0.450. The Morgan fingerprint density at radius 1 is 1.24 bits per heavy atom. The van der Waals surface area contributed by atoms with Gasteiger partial charge in [-0.1, -0.05) is 0 Å². The van der Waals surface area contributed by atoms with Gasteiger partial charge < -0.3 is 4.90 Å². The molecule has 0 saturated carbocycles. The molecule has 0 aliphatic carbocycles. The lowest BCUT2D eigenvalue weighted by Crippen LogP contribution is -2.38. The van der Waals surface area contributed by atoms with E-state index in [-0.39, 0.29) is 0 Å². The standard InChI is InChI=1S/C15H19N5S/c21-15-18-17-14(11-3-1-6-16-10-11)20(15)13-5-8-19-7-2-4-12(19)9-13/h1,3,6,10,12-13H,2,4-5,7-9H2,(H,18,21). The minimum Gasteiger partial charge on any atom is -0.300 e. The number of H-pyrrole nitrogens is 1. The summed E-state index contributed by atoms with van der Waals surface area (Å²) in [6.07, 6.45) is 8.63. The van der Waals surface area contributed by atoms with Crippen molar-refractivity contribution in [2.45, 2.75) is 37.8 Å². The van der Waals surface area contributed by atoms with Gasteiger partial charge in [-0.25, -0.2) is 0 Å². The molecule has 0 spiro atoms. The Labute approximate surface area is 129 Å². The fourth-order valence-electron chi connectivity index (χ4n) is 3.78. The molecule has 0 radical (unpaired) electrons. The summed E-state index contributed by atoms with van der Waals surface area (Å²) in [6.45, 7) is 2.44. The molecule has 0 amide bonds. The van der Waals surface area contributed by atoms with Crippen molar-refractivity contribution >= 4 is 12.2 Å². The summed E-state index contributed by atoms with van der Waals surface area (Å²) >= 11 is 5.48. The molecular weight excluding hydrogens is 282 g/mol. The Morgan fingerprint density at radius 2 is 2.19 bits per heavy atom. The van der Waals surface area contributed by atoms with Gasteiger partial charge in [-0.2, -0.15) is 5.10 Å². The second kappa shape index (κ2) is 5.35. The maximum absolute atomic E-state index is 5.48. The van der Waals surface area contributed by atoms with Crippen molar-refractivity contribution in [1.29, 1.82) is 0 Å². The number of aromatic nitrogens is 4. The lowest BCUT2D eigenvalue weighted by Gasteiger charge is -2.35. The van der Waals surface area contributed by atoms with Crippen LogP contribution in [-0.2, 0) is 0 Å². The number of rotatable bonds is 2. The zero-order chi connectivity index (χ0) is 14.2. The predicted molar refractivity (Wildman–Crippen MR) is 83.5 cm³/mol. The highest BCUT2D eigenvalue weighted by Gasteiger charge is 2.33. The minimum absolute atomic E-state index is 0.450. The monoisotopic (exact) mass is 301 g/mol. The SMILES string of the molecule is S=c1[nH]nc(-c2cccnc2)n1C1CCN2CCCC2C1. The predicted octanol–water partition coefficient (Wildman–Crippen LogP) is 2.80. The second-order valence-electron chi connectivity index (χ2n) is 5.97. The number of nitrogens with zero attached hydrogens (tertiary/aromatic N) is 4. The van der Waals surface area contributed by atoms with Crippen LogP contribution in [0.3, 0.4) is 0 Å². The lowest BCUT2D eigenvalue weighted by atomic mass is 9.97. The molecule has 2 aromatic rings. The third kappa shape index (κ3) is 2.32. The molecule has 4 rings (SSSR count). The van der Waals surface area contributed by atoms with E-state index in [2.05, 4.69) is 24.6 Å². The van der Waals surface area contributed by atoms with Crippen molar-refractivity contribution in [1.82, 2.24) is 24.6 Å². The quantitative estimate of drug-likeness (QED) is 0.867. The Balaban J connectivity index is 1.69. The highest BCUT2D eigenvalue weighted by atomic mass is 32.1. The third-order valence-electron chi connectivity index (χ3n) is 4.78. The van der Waals surface area contributed by atoms with Gasteiger partial charge in [0.1, 0.15) is 0 Å². The van der Waals surface area contributed by atoms with Crippen LogP contribution in [0.2, 0.25) is 0 Å². The molecule has 2 atom stereocenters. The van der Waals surface area contributed by atoms with Crippen molar-refractivity contribution in [3.05, 3.63) is 29.3 Å². The number of hydrogen-bond donors (Lipinski definition) is 1. The normalized spacial score (nSPS) is 25.9. The topological polar surface area (TPSA) is 49.7 Å². The molecule has 6 heteroatoms. The summed E-state index contributed by atoms with van der Waals surface area (Å²) < 4.78 is 2.94. The van der Waals surface area contributed by atoms with E-state index in [1.54, 1.807) is 6.20 Å². The first-order valence-electron chi connectivity index (χ1n) is 7.64. The van der Waals surface area contributed by atoms with Crippen LogP contribution in [0.5, 0.6) is 0 Å².